The highest BCUT2D eigenvalue weighted by atomic mass is 16.2. The van der Waals surface area contributed by atoms with Gasteiger partial charge in [-0.3, -0.25) is 4.57 Å². The first-order valence-electron chi connectivity index (χ1n) is 3.51. The van der Waals surface area contributed by atoms with Crippen LogP contribution >= 0.6 is 0 Å². The first-order chi connectivity index (χ1) is 5.79. The molecule has 0 fully saturated rings. The summed E-state index contributed by atoms with van der Waals surface area (Å²) < 4.78 is 1.31. The summed E-state index contributed by atoms with van der Waals surface area (Å²) in [5.74, 6) is 0.602. The minimum absolute atomic E-state index is 0.515. The third kappa shape index (κ3) is 0.852. The smallest absolute Gasteiger partial charge is 0.324 e. The minimum Gasteiger partial charge on any atom is -0.351 e. The molecule has 0 aromatic rings. The van der Waals surface area contributed by atoms with Gasteiger partial charge in [-0.2, -0.15) is 0 Å². The average Bonchev–Trinajstić information content (AvgIpc) is 2.49. The number of rotatable bonds is 0. The van der Waals surface area contributed by atoms with Crippen LogP contribution in [0.3, 0.4) is 0 Å². The fourth-order valence-electron chi connectivity index (χ4n) is 1.15. The quantitative estimate of drug-likeness (QED) is 0.624. The maximum absolute atomic E-state index is 10.9. The summed E-state index contributed by atoms with van der Waals surface area (Å²) in [4.78, 5) is 14.9. The highest BCUT2D eigenvalue weighted by Crippen LogP contribution is 2.17. The van der Waals surface area contributed by atoms with E-state index >= 15 is 0 Å². The first-order valence-corrected chi connectivity index (χ1v) is 3.51. The first kappa shape index (κ1) is 6.84. The summed E-state index contributed by atoms with van der Waals surface area (Å²) in [7, 11) is 0. The van der Waals surface area contributed by atoms with Crippen molar-refractivity contribution in [2.75, 3.05) is 0 Å². The van der Waals surface area contributed by atoms with Gasteiger partial charge in [0.25, 0.3) is 0 Å². The standard InChI is InChI=1S/C8H7N3O/c9-8(12)11-5-1-2-6-3-4-10-7(6)11/h1-5H,(H2,9,12). The van der Waals surface area contributed by atoms with E-state index in [1.165, 1.54) is 4.57 Å². The molecule has 60 valence electrons. The van der Waals surface area contributed by atoms with Gasteiger partial charge in [0.1, 0.15) is 5.82 Å². The Hall–Kier alpha value is -1.84. The van der Waals surface area contributed by atoms with Crippen LogP contribution in [0.15, 0.2) is 30.6 Å². The van der Waals surface area contributed by atoms with Gasteiger partial charge in [0.15, 0.2) is 0 Å². The topological polar surface area (TPSA) is 60.9 Å². The molecule has 2 aliphatic heterocycles. The fourth-order valence-corrected chi connectivity index (χ4v) is 1.15. The summed E-state index contributed by atoms with van der Waals surface area (Å²) in [6.45, 7) is 0. The van der Waals surface area contributed by atoms with E-state index in [-0.39, 0.29) is 0 Å². The summed E-state index contributed by atoms with van der Waals surface area (Å²) >= 11 is 0. The SMILES string of the molecule is NC(=O)n1cccc2ccnc1-2. The molecule has 0 saturated heterocycles. The zero-order valence-corrected chi connectivity index (χ0v) is 6.27. The Bertz CT molecular complexity index is 393. The van der Waals surface area contributed by atoms with Crippen molar-refractivity contribution in [2.24, 2.45) is 5.73 Å². The molecule has 0 radical (unpaired) electrons. The minimum atomic E-state index is -0.515. The van der Waals surface area contributed by atoms with E-state index in [0.717, 1.165) is 5.56 Å². The predicted octanol–water partition coefficient (Wildman–Crippen LogP) is 0.915. The molecule has 1 amide bonds. The van der Waals surface area contributed by atoms with Gasteiger partial charge in [-0.15, -0.1) is 0 Å². The molecule has 0 aromatic heterocycles. The Kier molecular flexibility index (Phi) is 1.33. The highest BCUT2D eigenvalue weighted by Gasteiger charge is 2.09. The lowest BCUT2D eigenvalue weighted by Gasteiger charge is -2.05. The van der Waals surface area contributed by atoms with Crippen LogP contribution in [-0.4, -0.2) is 15.6 Å². The molecule has 12 heavy (non-hydrogen) atoms. The number of aromatic nitrogens is 2. The third-order valence-corrected chi connectivity index (χ3v) is 1.69. The molecule has 4 heteroatoms. The third-order valence-electron chi connectivity index (χ3n) is 1.69. The zero-order valence-electron chi connectivity index (χ0n) is 6.27. The van der Waals surface area contributed by atoms with Gasteiger partial charge in [0, 0.05) is 18.0 Å². The van der Waals surface area contributed by atoms with Crippen molar-refractivity contribution >= 4 is 6.03 Å². The van der Waals surface area contributed by atoms with E-state index in [1.54, 1.807) is 18.5 Å². The predicted molar refractivity (Wildman–Crippen MR) is 43.8 cm³/mol. The largest absolute Gasteiger partial charge is 0.351 e. The van der Waals surface area contributed by atoms with Crippen LogP contribution in [0.25, 0.3) is 11.4 Å². The van der Waals surface area contributed by atoms with Crippen molar-refractivity contribution < 1.29 is 4.79 Å². The molecule has 2 aliphatic rings. The average molecular weight is 161 g/mol. The molecule has 0 bridgehead atoms. The number of amides is 1. The van der Waals surface area contributed by atoms with E-state index in [1.807, 2.05) is 12.1 Å². The van der Waals surface area contributed by atoms with Gasteiger partial charge in [0.05, 0.1) is 0 Å². The molecule has 0 saturated carbocycles. The van der Waals surface area contributed by atoms with Crippen molar-refractivity contribution in [3.63, 3.8) is 0 Å². The van der Waals surface area contributed by atoms with E-state index in [4.69, 9.17) is 5.73 Å². The second kappa shape index (κ2) is 2.34. The summed E-state index contributed by atoms with van der Waals surface area (Å²) in [6.07, 6.45) is 3.24. The van der Waals surface area contributed by atoms with Gasteiger partial charge in [-0.25, -0.2) is 9.78 Å². The Morgan fingerprint density at radius 3 is 3.08 bits per heavy atom. The lowest BCUT2D eigenvalue weighted by atomic mass is 10.2. The molecule has 2 heterocycles. The molecule has 0 aromatic carbocycles. The molecular formula is C8H7N3O. The zero-order chi connectivity index (χ0) is 8.55. The van der Waals surface area contributed by atoms with Crippen molar-refractivity contribution in [3.8, 4) is 11.4 Å². The number of fused-ring (bicyclic) bond motifs is 1. The van der Waals surface area contributed by atoms with Gasteiger partial charge >= 0.3 is 6.03 Å². The Morgan fingerprint density at radius 2 is 2.33 bits per heavy atom. The molecule has 0 spiro atoms. The van der Waals surface area contributed by atoms with Crippen LogP contribution in [0.5, 0.6) is 0 Å². The molecule has 0 unspecified atom stereocenters. The molecule has 0 aliphatic carbocycles. The Balaban J connectivity index is 2.71. The van der Waals surface area contributed by atoms with E-state index in [0.29, 0.717) is 5.82 Å². The van der Waals surface area contributed by atoms with Crippen LogP contribution in [0.2, 0.25) is 0 Å². The number of carbonyl (C=O) groups excluding carboxylic acids is 1. The monoisotopic (exact) mass is 161 g/mol. The molecular weight excluding hydrogens is 154 g/mol. The lowest BCUT2D eigenvalue weighted by molar-refractivity contribution is 0.250. The van der Waals surface area contributed by atoms with E-state index in [9.17, 15) is 4.79 Å². The van der Waals surface area contributed by atoms with Gasteiger partial charge in [-0.05, 0) is 18.2 Å². The number of primary amides is 1. The van der Waals surface area contributed by atoms with Crippen LogP contribution in [-0.2, 0) is 0 Å². The van der Waals surface area contributed by atoms with Gasteiger partial charge in [0.2, 0.25) is 0 Å². The van der Waals surface area contributed by atoms with E-state index < -0.39 is 6.03 Å². The maximum Gasteiger partial charge on any atom is 0.324 e. The van der Waals surface area contributed by atoms with Crippen molar-refractivity contribution in [1.29, 1.82) is 0 Å². The van der Waals surface area contributed by atoms with Crippen LogP contribution in [0.1, 0.15) is 0 Å². The van der Waals surface area contributed by atoms with Crippen molar-refractivity contribution in [3.05, 3.63) is 30.6 Å². The molecule has 2 rings (SSSR count). The lowest BCUT2D eigenvalue weighted by Crippen LogP contribution is -2.21. The van der Waals surface area contributed by atoms with Crippen LogP contribution in [0, 0.1) is 0 Å². The van der Waals surface area contributed by atoms with Gasteiger partial charge in [-0.1, -0.05) is 0 Å². The maximum atomic E-state index is 10.9. The van der Waals surface area contributed by atoms with Crippen LogP contribution < -0.4 is 5.73 Å². The Labute approximate surface area is 69.0 Å². The molecule has 4 nitrogen and oxygen atoms in total. The van der Waals surface area contributed by atoms with Crippen LogP contribution in [0.4, 0.5) is 4.79 Å². The second-order valence-corrected chi connectivity index (χ2v) is 2.44. The normalized spacial score (nSPS) is 10.3. The number of carbonyl (C=O) groups is 1. The van der Waals surface area contributed by atoms with Crippen molar-refractivity contribution in [2.45, 2.75) is 0 Å². The number of hydrogen-bond donors (Lipinski definition) is 1. The summed E-state index contributed by atoms with van der Waals surface area (Å²) in [5, 5.41) is 0. The number of pyridine rings is 1. The number of hydrogen-bond acceptors (Lipinski definition) is 2. The van der Waals surface area contributed by atoms with Gasteiger partial charge < -0.3 is 5.73 Å². The summed E-state index contributed by atoms with van der Waals surface area (Å²) in [5.41, 5.74) is 6.04. The Morgan fingerprint density at radius 1 is 1.50 bits per heavy atom. The highest BCUT2D eigenvalue weighted by molar-refractivity contribution is 5.80. The molecule has 2 N–H and O–H groups in total. The van der Waals surface area contributed by atoms with E-state index in [2.05, 4.69) is 4.98 Å². The second-order valence-electron chi connectivity index (χ2n) is 2.44. The number of nitrogens with zero attached hydrogens (tertiary/aromatic N) is 2. The number of nitrogens with two attached hydrogens (primary N) is 1. The summed E-state index contributed by atoms with van der Waals surface area (Å²) in [6, 6.07) is 4.95. The van der Waals surface area contributed by atoms with Crippen molar-refractivity contribution in [1.82, 2.24) is 9.55 Å². The fraction of sp³-hybridized carbons (Fsp3) is 0. The molecule has 0 atom stereocenters.